The van der Waals surface area contributed by atoms with Gasteiger partial charge >= 0.3 is 0 Å². The van der Waals surface area contributed by atoms with Crippen molar-refractivity contribution in [2.24, 2.45) is 5.73 Å². The van der Waals surface area contributed by atoms with Gasteiger partial charge in [0.25, 0.3) is 0 Å². The number of benzene rings is 8. The number of hydrogen-bond acceptors (Lipinski definition) is 1. The average molecular weight is 829 g/mol. The Hall–Kier alpha value is -7.26. The highest BCUT2D eigenvalue weighted by atomic mass is 15.0. The molecule has 1 aliphatic rings. The molecule has 0 radical (unpaired) electrons. The van der Waals surface area contributed by atoms with Gasteiger partial charge in [0.05, 0.1) is 11.0 Å². The van der Waals surface area contributed by atoms with Gasteiger partial charge in [-0.05, 0) is 104 Å². The van der Waals surface area contributed by atoms with E-state index in [4.69, 9.17) is 5.73 Å². The molecule has 64 heavy (non-hydrogen) atoms. The molecule has 2 nitrogen and oxygen atoms in total. The van der Waals surface area contributed by atoms with Crippen LogP contribution in [0.2, 0.25) is 0 Å². The van der Waals surface area contributed by atoms with E-state index in [1.165, 1.54) is 83.1 Å². The highest BCUT2D eigenvalue weighted by molar-refractivity contribution is 6.10. The zero-order chi connectivity index (χ0) is 44.3. The Morgan fingerprint density at radius 2 is 1.22 bits per heavy atom. The van der Waals surface area contributed by atoms with Gasteiger partial charge in [-0.25, -0.2) is 0 Å². The van der Waals surface area contributed by atoms with Gasteiger partial charge in [0, 0.05) is 33.8 Å². The van der Waals surface area contributed by atoms with E-state index in [1.807, 2.05) is 24.3 Å². The van der Waals surface area contributed by atoms with Crippen molar-refractivity contribution in [1.29, 1.82) is 0 Å². The van der Waals surface area contributed by atoms with Crippen LogP contribution in [0.1, 0.15) is 66.6 Å². The fourth-order valence-corrected chi connectivity index (χ4v) is 9.49. The first-order valence-corrected chi connectivity index (χ1v) is 22.4. The van der Waals surface area contributed by atoms with Crippen molar-refractivity contribution in [1.82, 2.24) is 4.57 Å². The summed E-state index contributed by atoms with van der Waals surface area (Å²) in [6.45, 7) is 14.1. The number of nitrogens with two attached hydrogens (primary N) is 1. The minimum absolute atomic E-state index is 0.0187. The number of nitrogens with zero attached hydrogens (tertiary/aromatic N) is 1. The highest BCUT2D eigenvalue weighted by Crippen LogP contribution is 2.48. The van der Waals surface area contributed by atoms with Crippen LogP contribution in [0, 0.1) is 0 Å². The van der Waals surface area contributed by atoms with Gasteiger partial charge in [0.1, 0.15) is 0 Å². The summed E-state index contributed by atoms with van der Waals surface area (Å²) in [6, 6.07) is 69.9. The maximum absolute atomic E-state index is 5.54. The standard InChI is InChI=1S/C49H43N.C13H13N/c1-6-35(18-11-10-17-34-27-29-41-40-23-12-14-25-44(40)49(4,5)45(41)31-34)36-28-30-47-43(32-36)42-24-13-15-26-46(42)50(47)39-22-16-21-38(33-39)48(2,3)37-19-8-7-9-20-37;14-10-11-6-8-13(9-7-11)12-4-2-1-3-5-12/h6-16,18-33H,1,17H2,2-5H3;1-9H,10,14H2/b11-10-,35-18+;. The molecule has 1 heterocycles. The second-order valence-corrected chi connectivity index (χ2v) is 17.9. The average Bonchev–Trinajstić information content (AvgIpc) is 3.80. The van der Waals surface area contributed by atoms with Crippen molar-refractivity contribution in [3.63, 3.8) is 0 Å². The maximum atomic E-state index is 5.54. The molecule has 0 saturated carbocycles. The van der Waals surface area contributed by atoms with Crippen molar-refractivity contribution in [3.05, 3.63) is 264 Å². The molecule has 1 aliphatic carbocycles. The largest absolute Gasteiger partial charge is 0.326 e. The maximum Gasteiger partial charge on any atom is 0.0541 e. The zero-order valence-corrected chi connectivity index (χ0v) is 37.4. The van der Waals surface area contributed by atoms with Gasteiger partial charge in [0.15, 0.2) is 0 Å². The van der Waals surface area contributed by atoms with Crippen LogP contribution in [-0.2, 0) is 23.8 Å². The first-order chi connectivity index (χ1) is 31.2. The number of rotatable bonds is 10. The molecule has 10 rings (SSSR count). The summed E-state index contributed by atoms with van der Waals surface area (Å²) in [5, 5.41) is 2.49. The Morgan fingerprint density at radius 3 is 1.98 bits per heavy atom. The molecule has 0 bridgehead atoms. The van der Waals surface area contributed by atoms with Crippen molar-refractivity contribution in [3.8, 4) is 27.9 Å². The fourth-order valence-electron chi connectivity index (χ4n) is 9.49. The fraction of sp³-hybridized carbons (Fsp3) is 0.129. The molecule has 9 aromatic rings. The first-order valence-electron chi connectivity index (χ1n) is 22.4. The van der Waals surface area contributed by atoms with E-state index >= 15 is 0 Å². The van der Waals surface area contributed by atoms with Crippen LogP contribution in [0.5, 0.6) is 0 Å². The minimum atomic E-state index is -0.122. The molecule has 8 aromatic carbocycles. The third-order valence-electron chi connectivity index (χ3n) is 13.3. The van der Waals surface area contributed by atoms with Gasteiger partial charge in [-0.2, -0.15) is 0 Å². The molecule has 0 fully saturated rings. The predicted molar refractivity (Wildman–Crippen MR) is 274 cm³/mol. The van der Waals surface area contributed by atoms with Crippen LogP contribution in [-0.4, -0.2) is 4.57 Å². The lowest BCUT2D eigenvalue weighted by molar-refractivity contribution is 0.640. The summed E-state index contributed by atoms with van der Waals surface area (Å²) >= 11 is 0. The van der Waals surface area contributed by atoms with Crippen molar-refractivity contribution in [2.45, 2.75) is 51.5 Å². The molecular formula is C62H56N2. The molecule has 1 aromatic heterocycles. The van der Waals surface area contributed by atoms with Crippen LogP contribution in [0.25, 0.3) is 55.3 Å². The van der Waals surface area contributed by atoms with E-state index in [2.05, 4.69) is 233 Å². The van der Waals surface area contributed by atoms with E-state index in [1.54, 1.807) is 0 Å². The summed E-state index contributed by atoms with van der Waals surface area (Å²) in [4.78, 5) is 0. The highest BCUT2D eigenvalue weighted by Gasteiger charge is 2.35. The molecule has 314 valence electrons. The second-order valence-electron chi connectivity index (χ2n) is 17.9. The van der Waals surface area contributed by atoms with Crippen LogP contribution in [0.4, 0.5) is 0 Å². The molecule has 0 saturated heterocycles. The lowest BCUT2D eigenvalue weighted by Gasteiger charge is -2.27. The Bertz CT molecular complexity index is 3160. The van der Waals surface area contributed by atoms with Crippen LogP contribution >= 0.6 is 0 Å². The Balaban J connectivity index is 0.000000315. The van der Waals surface area contributed by atoms with Crippen molar-refractivity contribution >= 4 is 27.4 Å². The SMILES string of the molecule is C=C/C(=C\C=C/Cc1ccc2c(c1)C(C)(C)c1ccccc1-2)c1ccc2c(c1)c1ccccc1n2-c1cccc(C(C)(C)c2ccccc2)c1.NCc1ccc(-c2ccccc2)cc1. The third-order valence-corrected chi connectivity index (χ3v) is 13.3. The zero-order valence-electron chi connectivity index (χ0n) is 37.4. The summed E-state index contributed by atoms with van der Waals surface area (Å²) in [5.41, 5.74) is 24.5. The smallest absolute Gasteiger partial charge is 0.0541 e. The predicted octanol–water partition coefficient (Wildman–Crippen LogP) is 15.6. The molecule has 0 unspecified atom stereocenters. The van der Waals surface area contributed by atoms with E-state index in [-0.39, 0.29) is 10.8 Å². The van der Waals surface area contributed by atoms with E-state index < -0.39 is 0 Å². The van der Waals surface area contributed by atoms with Gasteiger partial charge in [-0.3, -0.25) is 0 Å². The Labute approximate surface area is 379 Å². The molecule has 2 N–H and O–H groups in total. The lowest BCUT2D eigenvalue weighted by Crippen LogP contribution is -2.19. The number of fused-ring (bicyclic) bond motifs is 6. The summed E-state index contributed by atoms with van der Waals surface area (Å²) in [7, 11) is 0. The summed E-state index contributed by atoms with van der Waals surface area (Å²) in [5.74, 6) is 0. The first kappa shape index (κ1) is 42.1. The minimum Gasteiger partial charge on any atom is -0.326 e. The molecule has 0 atom stereocenters. The van der Waals surface area contributed by atoms with Crippen LogP contribution in [0.3, 0.4) is 0 Å². The van der Waals surface area contributed by atoms with E-state index in [9.17, 15) is 0 Å². The number of allylic oxidation sites excluding steroid dienone is 5. The topological polar surface area (TPSA) is 30.9 Å². The molecule has 0 amide bonds. The molecule has 2 heteroatoms. The monoisotopic (exact) mass is 828 g/mol. The molecular weight excluding hydrogens is 773 g/mol. The normalized spacial score (nSPS) is 13.1. The summed E-state index contributed by atoms with van der Waals surface area (Å²) < 4.78 is 2.41. The van der Waals surface area contributed by atoms with Crippen LogP contribution in [0.15, 0.2) is 225 Å². The number of aromatic nitrogens is 1. The van der Waals surface area contributed by atoms with Crippen LogP contribution < -0.4 is 5.73 Å². The Morgan fingerprint density at radius 1 is 0.578 bits per heavy atom. The van der Waals surface area contributed by atoms with Gasteiger partial charge in [-0.1, -0.05) is 222 Å². The number of para-hydroxylation sites is 1. The van der Waals surface area contributed by atoms with E-state index in [0.29, 0.717) is 6.54 Å². The Kier molecular flexibility index (Phi) is 11.7. The van der Waals surface area contributed by atoms with Crippen molar-refractivity contribution < 1.29 is 0 Å². The lowest BCUT2D eigenvalue weighted by atomic mass is 9.78. The summed E-state index contributed by atoms with van der Waals surface area (Å²) in [6.07, 6.45) is 9.48. The molecule has 0 aliphatic heterocycles. The number of hydrogen-bond donors (Lipinski definition) is 1. The quantitative estimate of drug-likeness (QED) is 0.137. The second kappa shape index (κ2) is 17.8. The van der Waals surface area contributed by atoms with Gasteiger partial charge in [-0.15, -0.1) is 0 Å². The van der Waals surface area contributed by atoms with E-state index in [0.717, 1.165) is 17.6 Å². The van der Waals surface area contributed by atoms with Gasteiger partial charge in [0.2, 0.25) is 0 Å². The third kappa shape index (κ3) is 8.10. The van der Waals surface area contributed by atoms with Crippen molar-refractivity contribution in [2.75, 3.05) is 0 Å². The molecule has 0 spiro atoms. The van der Waals surface area contributed by atoms with Gasteiger partial charge < -0.3 is 10.3 Å².